The first-order valence-corrected chi connectivity index (χ1v) is 12.5. The Kier molecular flexibility index (Phi) is 7.94. The Morgan fingerprint density at radius 3 is 2.26 bits per heavy atom. The molecule has 0 saturated carbocycles. The lowest BCUT2D eigenvalue weighted by molar-refractivity contribution is -0.152. The molecule has 9 heteroatoms. The van der Waals surface area contributed by atoms with E-state index in [1.165, 1.54) is 4.31 Å². The zero-order valence-corrected chi connectivity index (χ0v) is 19.1. The van der Waals surface area contributed by atoms with E-state index in [0.29, 0.717) is 64.3 Å². The molecule has 8 nitrogen and oxygen atoms in total. The molecule has 2 aliphatic heterocycles. The van der Waals surface area contributed by atoms with Gasteiger partial charge in [0.2, 0.25) is 15.9 Å². The van der Waals surface area contributed by atoms with E-state index in [9.17, 15) is 18.0 Å². The summed E-state index contributed by atoms with van der Waals surface area (Å²) in [4.78, 5) is 26.9. The molecule has 0 aromatic heterocycles. The van der Waals surface area contributed by atoms with E-state index in [1.54, 1.807) is 36.1 Å². The number of hydrogen-bond donors (Lipinski definition) is 0. The SMILES string of the molecule is CCOC(=O)C1CCN(C(=O)[C@H]2CCCN(S(=O)(=O)c3ccc(OCC)cc3)C2)CC1. The Morgan fingerprint density at radius 1 is 0.968 bits per heavy atom. The lowest BCUT2D eigenvalue weighted by Gasteiger charge is -2.37. The standard InChI is InChI=1S/C22H32N2O6S/c1-3-29-19-7-9-20(10-8-19)31(27,28)24-13-5-6-18(16-24)21(25)23-14-11-17(12-15-23)22(26)30-4-2/h7-10,17-18H,3-6,11-16H2,1-2H3/t18-/m0/s1. The van der Waals surface area contributed by atoms with Gasteiger partial charge in [0.1, 0.15) is 5.75 Å². The third kappa shape index (κ3) is 5.57. The average molecular weight is 453 g/mol. The summed E-state index contributed by atoms with van der Waals surface area (Å²) in [5.41, 5.74) is 0. The molecule has 31 heavy (non-hydrogen) atoms. The Morgan fingerprint density at radius 2 is 1.65 bits per heavy atom. The zero-order chi connectivity index (χ0) is 22.4. The maximum Gasteiger partial charge on any atom is 0.309 e. The van der Waals surface area contributed by atoms with E-state index in [1.807, 2.05) is 6.92 Å². The minimum absolute atomic E-state index is 0.0195. The minimum atomic E-state index is -3.67. The van der Waals surface area contributed by atoms with Crippen molar-refractivity contribution in [1.82, 2.24) is 9.21 Å². The smallest absolute Gasteiger partial charge is 0.309 e. The van der Waals surface area contributed by atoms with Crippen molar-refractivity contribution in [1.29, 1.82) is 0 Å². The molecule has 1 aromatic carbocycles. The van der Waals surface area contributed by atoms with E-state index in [2.05, 4.69) is 0 Å². The third-order valence-electron chi connectivity index (χ3n) is 5.93. The molecule has 1 amide bonds. The van der Waals surface area contributed by atoms with Gasteiger partial charge < -0.3 is 14.4 Å². The topological polar surface area (TPSA) is 93.2 Å². The predicted octanol–water partition coefficient (Wildman–Crippen LogP) is 2.29. The zero-order valence-electron chi connectivity index (χ0n) is 18.3. The number of likely N-dealkylation sites (tertiary alicyclic amines) is 1. The fourth-order valence-corrected chi connectivity index (χ4v) is 5.76. The minimum Gasteiger partial charge on any atom is -0.494 e. The highest BCUT2D eigenvalue weighted by Gasteiger charge is 2.36. The summed E-state index contributed by atoms with van der Waals surface area (Å²) in [6.45, 7) is 6.13. The summed E-state index contributed by atoms with van der Waals surface area (Å²) in [6, 6.07) is 6.39. The number of rotatable bonds is 7. The summed E-state index contributed by atoms with van der Waals surface area (Å²) in [5.74, 6) is -0.106. The van der Waals surface area contributed by atoms with Crippen LogP contribution in [0.1, 0.15) is 39.5 Å². The Hall–Kier alpha value is -2.13. The van der Waals surface area contributed by atoms with Gasteiger partial charge in [-0.25, -0.2) is 8.42 Å². The number of hydrogen-bond acceptors (Lipinski definition) is 6. The van der Waals surface area contributed by atoms with Gasteiger partial charge in [0, 0.05) is 26.2 Å². The van der Waals surface area contributed by atoms with Gasteiger partial charge in [0.25, 0.3) is 0 Å². The van der Waals surface area contributed by atoms with Crippen LogP contribution in [0.5, 0.6) is 5.75 Å². The van der Waals surface area contributed by atoms with Gasteiger partial charge >= 0.3 is 5.97 Å². The van der Waals surface area contributed by atoms with Gasteiger partial charge in [0.05, 0.1) is 29.9 Å². The number of ether oxygens (including phenoxy) is 2. The molecule has 0 bridgehead atoms. The maximum absolute atomic E-state index is 13.1. The number of piperidine rings is 2. The van der Waals surface area contributed by atoms with Crippen molar-refractivity contribution < 1.29 is 27.5 Å². The molecular weight excluding hydrogens is 420 g/mol. The molecule has 2 aliphatic rings. The highest BCUT2D eigenvalue weighted by molar-refractivity contribution is 7.89. The predicted molar refractivity (Wildman–Crippen MR) is 115 cm³/mol. The molecule has 172 valence electrons. The quantitative estimate of drug-likeness (QED) is 0.590. The third-order valence-corrected chi connectivity index (χ3v) is 7.81. The molecule has 3 rings (SSSR count). The van der Waals surface area contributed by atoms with Crippen LogP contribution >= 0.6 is 0 Å². The lowest BCUT2D eigenvalue weighted by atomic mass is 9.93. The maximum atomic E-state index is 13.1. The number of benzene rings is 1. The number of esters is 1. The summed E-state index contributed by atoms with van der Waals surface area (Å²) in [7, 11) is -3.67. The van der Waals surface area contributed by atoms with Crippen LogP contribution in [-0.4, -0.2) is 68.9 Å². The van der Waals surface area contributed by atoms with Crippen LogP contribution in [0.4, 0.5) is 0 Å². The van der Waals surface area contributed by atoms with E-state index in [0.717, 1.165) is 0 Å². The second-order valence-corrected chi connectivity index (χ2v) is 9.90. The highest BCUT2D eigenvalue weighted by atomic mass is 32.2. The molecular formula is C22H32N2O6S. The van der Waals surface area contributed by atoms with Crippen molar-refractivity contribution >= 4 is 21.9 Å². The molecule has 0 N–H and O–H groups in total. The Labute approximate surface area is 184 Å². The fourth-order valence-electron chi connectivity index (χ4n) is 4.24. The normalized spacial score (nSPS) is 21.0. The first kappa shape index (κ1) is 23.5. The Balaban J connectivity index is 1.61. The summed E-state index contributed by atoms with van der Waals surface area (Å²) in [5, 5.41) is 0. The summed E-state index contributed by atoms with van der Waals surface area (Å²) in [6.07, 6.45) is 2.49. The molecule has 1 atom stereocenters. The first-order chi connectivity index (χ1) is 14.9. The number of nitrogens with zero attached hydrogens (tertiary/aromatic N) is 2. The fraction of sp³-hybridized carbons (Fsp3) is 0.636. The molecule has 0 unspecified atom stereocenters. The molecule has 0 aliphatic carbocycles. The van der Waals surface area contributed by atoms with E-state index in [-0.39, 0.29) is 35.2 Å². The highest BCUT2D eigenvalue weighted by Crippen LogP contribution is 2.28. The summed E-state index contributed by atoms with van der Waals surface area (Å²) >= 11 is 0. The average Bonchev–Trinajstić information content (AvgIpc) is 2.79. The Bertz CT molecular complexity index is 862. The lowest BCUT2D eigenvalue weighted by Crippen LogP contribution is -2.49. The van der Waals surface area contributed by atoms with Crippen LogP contribution < -0.4 is 4.74 Å². The monoisotopic (exact) mass is 452 g/mol. The molecule has 0 radical (unpaired) electrons. The van der Waals surface area contributed by atoms with Crippen LogP contribution in [0.15, 0.2) is 29.2 Å². The number of sulfonamides is 1. The molecule has 2 fully saturated rings. The molecule has 0 spiro atoms. The van der Waals surface area contributed by atoms with Crippen molar-refractivity contribution in [2.45, 2.75) is 44.4 Å². The van der Waals surface area contributed by atoms with Crippen LogP contribution in [0.2, 0.25) is 0 Å². The van der Waals surface area contributed by atoms with Gasteiger partial charge in [-0.05, 0) is 63.8 Å². The van der Waals surface area contributed by atoms with Gasteiger partial charge in [-0.1, -0.05) is 0 Å². The molecule has 2 heterocycles. The van der Waals surface area contributed by atoms with Crippen molar-refractivity contribution in [2.24, 2.45) is 11.8 Å². The van der Waals surface area contributed by atoms with Gasteiger partial charge in [-0.3, -0.25) is 9.59 Å². The second kappa shape index (κ2) is 10.5. The van der Waals surface area contributed by atoms with Crippen LogP contribution in [-0.2, 0) is 24.3 Å². The van der Waals surface area contributed by atoms with E-state index < -0.39 is 10.0 Å². The van der Waals surface area contributed by atoms with Crippen molar-refractivity contribution in [3.63, 3.8) is 0 Å². The van der Waals surface area contributed by atoms with Crippen LogP contribution in [0.3, 0.4) is 0 Å². The molecule has 2 saturated heterocycles. The van der Waals surface area contributed by atoms with Gasteiger partial charge in [0.15, 0.2) is 0 Å². The van der Waals surface area contributed by atoms with Crippen LogP contribution in [0.25, 0.3) is 0 Å². The van der Waals surface area contributed by atoms with Crippen molar-refractivity contribution in [3.8, 4) is 5.75 Å². The van der Waals surface area contributed by atoms with E-state index >= 15 is 0 Å². The van der Waals surface area contributed by atoms with Crippen molar-refractivity contribution in [2.75, 3.05) is 39.4 Å². The number of carbonyl (C=O) groups is 2. The largest absolute Gasteiger partial charge is 0.494 e. The van der Waals surface area contributed by atoms with Gasteiger partial charge in [-0.2, -0.15) is 4.31 Å². The van der Waals surface area contributed by atoms with Gasteiger partial charge in [-0.15, -0.1) is 0 Å². The van der Waals surface area contributed by atoms with Crippen molar-refractivity contribution in [3.05, 3.63) is 24.3 Å². The van der Waals surface area contributed by atoms with E-state index in [4.69, 9.17) is 9.47 Å². The van der Waals surface area contributed by atoms with Crippen LogP contribution in [0, 0.1) is 11.8 Å². The first-order valence-electron chi connectivity index (χ1n) is 11.0. The number of carbonyl (C=O) groups excluding carboxylic acids is 2. The number of amides is 1. The molecule has 1 aromatic rings. The second-order valence-electron chi connectivity index (χ2n) is 7.96. The summed E-state index contributed by atoms with van der Waals surface area (Å²) < 4.78 is 38.1.